The molecule has 0 bridgehead atoms. The molecule has 0 radical (unpaired) electrons. The van der Waals surface area contributed by atoms with Crippen LogP contribution in [0.1, 0.15) is 13.8 Å². The predicted octanol–water partition coefficient (Wildman–Crippen LogP) is 0.576. The quantitative estimate of drug-likeness (QED) is 0.396. The van der Waals surface area contributed by atoms with Crippen molar-refractivity contribution >= 4 is 10.3 Å². The molecule has 5 heteroatoms. The minimum atomic E-state index is -4.17. The van der Waals surface area contributed by atoms with E-state index in [-0.39, 0.29) is 0 Å². The van der Waals surface area contributed by atoms with Crippen molar-refractivity contribution in [2.45, 2.75) is 13.8 Å². The molecule has 3 N–H and O–H groups in total. The third-order valence-electron chi connectivity index (χ3n) is 0. The molecule has 0 aliphatic rings. The Morgan fingerprint density at radius 3 is 1.33 bits per heavy atom. The van der Waals surface area contributed by atoms with Crippen LogP contribution in [-0.4, -0.2) is 13.0 Å². The van der Waals surface area contributed by atoms with E-state index in [1.54, 1.807) is 0 Å². The number of hydrogen-bond acceptors (Lipinski definition) is 2. The van der Waals surface area contributed by atoms with Crippen LogP contribution in [-0.2, 0) is 10.3 Å². The van der Waals surface area contributed by atoms with Gasteiger partial charge in [-0.2, -0.15) is 8.42 Å². The second kappa shape index (κ2) is 10.6. The Hall–Kier alpha value is -0.390. The Bertz CT molecular complexity index is 110. The molecular weight excluding hydrogens is 142 g/mol. The van der Waals surface area contributed by atoms with Crippen LogP contribution >= 0.6 is 0 Å². The highest BCUT2D eigenvalue weighted by atomic mass is 32.2. The van der Waals surface area contributed by atoms with Crippen LogP contribution in [0, 0.1) is 0 Å². The van der Waals surface area contributed by atoms with Gasteiger partial charge in [0.2, 0.25) is 0 Å². The van der Waals surface area contributed by atoms with Crippen molar-refractivity contribution in [1.29, 1.82) is 0 Å². The molecule has 0 saturated heterocycles. The zero-order valence-corrected chi connectivity index (χ0v) is 6.48. The zero-order valence-electron chi connectivity index (χ0n) is 5.66. The van der Waals surface area contributed by atoms with E-state index in [4.69, 9.17) is 13.0 Å². The largest absolute Gasteiger partial charge is 0.330 e. The Morgan fingerprint density at radius 2 is 1.33 bits per heavy atom. The molecule has 0 spiro atoms. The number of rotatable bonds is 0. The zero-order chi connectivity index (χ0) is 8.50. The summed E-state index contributed by atoms with van der Waals surface area (Å²) >= 11 is 0. The van der Waals surface area contributed by atoms with Crippen LogP contribution in [0.2, 0.25) is 0 Å². The van der Waals surface area contributed by atoms with E-state index in [0.717, 1.165) is 0 Å². The summed E-state index contributed by atoms with van der Waals surface area (Å²) in [7, 11) is -4.17. The van der Waals surface area contributed by atoms with Gasteiger partial charge in [0.05, 0.1) is 0 Å². The lowest BCUT2D eigenvalue weighted by Gasteiger charge is -1.70. The highest BCUT2D eigenvalue weighted by molar-refractivity contribution is 7.83. The highest BCUT2D eigenvalue weighted by Gasteiger charge is 1.81. The van der Waals surface area contributed by atoms with E-state index < -0.39 is 10.3 Å². The molecule has 0 heterocycles. The fourth-order valence-corrected chi connectivity index (χ4v) is 0. The van der Waals surface area contributed by atoms with E-state index in [1.165, 1.54) is 0 Å². The minimum absolute atomic E-state index is 2.00. The summed E-state index contributed by atoms with van der Waals surface area (Å²) in [6, 6.07) is 0. The first-order valence-corrected chi connectivity index (χ1v) is 3.75. The molecule has 0 fully saturated rings. The molecule has 4 nitrogen and oxygen atoms in total. The lowest BCUT2D eigenvalue weighted by molar-refractivity contribution is 0.485. The molecular formula is C4H13NO3S. The summed E-state index contributed by atoms with van der Waals surface area (Å²) in [4.78, 5) is 0. The number of nitrogens with two attached hydrogens (primary N) is 1. The van der Waals surface area contributed by atoms with E-state index in [1.807, 2.05) is 13.8 Å². The van der Waals surface area contributed by atoms with Crippen LogP contribution in [0.5, 0.6) is 0 Å². The first-order chi connectivity index (χ1) is 4.00. The molecule has 0 unspecified atom stereocenters. The summed E-state index contributed by atoms with van der Waals surface area (Å²) in [5.74, 6) is 0. The van der Waals surface area contributed by atoms with Gasteiger partial charge >= 0.3 is 10.3 Å². The van der Waals surface area contributed by atoms with Gasteiger partial charge in [-0.1, -0.05) is 13.8 Å². The Kier molecular flexibility index (Phi) is 18.6. The molecule has 0 aliphatic carbocycles. The summed E-state index contributed by atoms with van der Waals surface area (Å²) in [5.41, 5.74) is 0. The van der Waals surface area contributed by atoms with E-state index >= 15 is 0 Å². The van der Waals surface area contributed by atoms with Crippen LogP contribution in [0.3, 0.4) is 0 Å². The van der Waals surface area contributed by atoms with Gasteiger partial charge in [-0.15, -0.1) is 13.2 Å². The van der Waals surface area contributed by atoms with Gasteiger partial charge in [0, 0.05) is 0 Å². The van der Waals surface area contributed by atoms with Gasteiger partial charge in [0.25, 0.3) is 0 Å². The fourth-order valence-electron chi connectivity index (χ4n) is 0. The second-order valence-corrected chi connectivity index (χ2v) is 1.54. The lowest BCUT2D eigenvalue weighted by Crippen LogP contribution is -2.08. The molecule has 0 amide bonds. The topological polar surface area (TPSA) is 80.4 Å². The van der Waals surface area contributed by atoms with Crippen molar-refractivity contribution in [2.75, 3.05) is 0 Å². The molecule has 0 aromatic rings. The predicted molar refractivity (Wildman–Crippen MR) is 38.3 cm³/mol. The van der Waals surface area contributed by atoms with E-state index in [2.05, 4.69) is 18.3 Å². The van der Waals surface area contributed by atoms with E-state index in [9.17, 15) is 0 Å². The average molecular weight is 155 g/mol. The Balaban J connectivity index is -0.0000000771. The van der Waals surface area contributed by atoms with Crippen molar-refractivity contribution in [3.8, 4) is 0 Å². The van der Waals surface area contributed by atoms with E-state index in [0.29, 0.717) is 0 Å². The maximum atomic E-state index is 8.97. The van der Waals surface area contributed by atoms with Crippen LogP contribution in [0.4, 0.5) is 0 Å². The molecule has 0 atom stereocenters. The van der Waals surface area contributed by atoms with Crippen molar-refractivity contribution in [1.82, 2.24) is 0 Å². The monoisotopic (exact) mass is 155 g/mol. The Labute approximate surface area is 56.3 Å². The summed E-state index contributed by atoms with van der Waals surface area (Å²) in [6.45, 7) is 10.0. The molecule has 0 aromatic heterocycles. The third kappa shape index (κ3) is 1570. The maximum Gasteiger partial charge on any atom is 0.330 e. The molecule has 0 saturated carbocycles. The normalized spacial score (nSPS) is 7.56. The van der Waals surface area contributed by atoms with Crippen LogP contribution < -0.4 is 5.14 Å². The first-order valence-electron chi connectivity index (χ1n) is 2.25. The van der Waals surface area contributed by atoms with Crippen molar-refractivity contribution < 1.29 is 13.0 Å². The van der Waals surface area contributed by atoms with Gasteiger partial charge in [-0.25, -0.2) is 5.14 Å². The summed E-state index contributed by atoms with van der Waals surface area (Å²) in [5, 5.41) is 3.88. The second-order valence-electron chi connectivity index (χ2n) is 0.515. The van der Waals surface area contributed by atoms with Gasteiger partial charge in [0.1, 0.15) is 0 Å². The standard InChI is InChI=1S/C2H6.C2H4.H3NO3S/c2*1-2;1-5(2,3)4/h1-2H3;1-2H2;(H3,1,2,3,4). The smallest absolute Gasteiger partial charge is 0.274 e. The molecule has 0 rings (SSSR count). The first kappa shape index (κ1) is 15.8. The van der Waals surface area contributed by atoms with Gasteiger partial charge in [-0.05, 0) is 0 Å². The summed E-state index contributed by atoms with van der Waals surface area (Å²) in [6.07, 6.45) is 0. The van der Waals surface area contributed by atoms with Crippen LogP contribution in [0.15, 0.2) is 13.2 Å². The molecule has 0 aromatic carbocycles. The lowest BCUT2D eigenvalue weighted by atomic mass is 11.0. The van der Waals surface area contributed by atoms with Crippen molar-refractivity contribution in [3.63, 3.8) is 0 Å². The molecule has 58 valence electrons. The SMILES string of the molecule is C=C.CC.NS(=O)(=O)O. The number of hydrogen-bond donors (Lipinski definition) is 2. The van der Waals surface area contributed by atoms with Gasteiger partial charge in [-0.3, -0.25) is 4.55 Å². The van der Waals surface area contributed by atoms with Gasteiger partial charge in [0.15, 0.2) is 0 Å². The Morgan fingerprint density at radius 1 is 1.33 bits per heavy atom. The van der Waals surface area contributed by atoms with Gasteiger partial charge < -0.3 is 0 Å². The minimum Gasteiger partial charge on any atom is -0.274 e. The highest BCUT2D eigenvalue weighted by Crippen LogP contribution is 1.50. The van der Waals surface area contributed by atoms with Crippen LogP contribution in [0.25, 0.3) is 0 Å². The third-order valence-corrected chi connectivity index (χ3v) is 0. The molecule has 0 aliphatic heterocycles. The van der Waals surface area contributed by atoms with Crippen molar-refractivity contribution in [3.05, 3.63) is 13.2 Å². The summed E-state index contributed by atoms with van der Waals surface area (Å²) < 4.78 is 25.2. The average Bonchev–Trinajstić information content (AvgIpc) is 1.72. The maximum absolute atomic E-state index is 8.97. The van der Waals surface area contributed by atoms with Crippen molar-refractivity contribution in [2.24, 2.45) is 5.14 Å². The molecule has 9 heavy (non-hydrogen) atoms. The fraction of sp³-hybridized carbons (Fsp3) is 0.500.